The highest BCUT2D eigenvalue weighted by atomic mass is 32.1. The zero-order valence-electron chi connectivity index (χ0n) is 12.8. The second-order valence-corrected chi connectivity index (χ2v) is 5.91. The minimum Gasteiger partial charge on any atom is -0.383 e. The van der Waals surface area contributed by atoms with E-state index in [9.17, 15) is 0 Å². The number of hydrogen-bond donors (Lipinski definition) is 1. The Hall–Kier alpha value is -2.06. The molecule has 0 saturated carbocycles. The predicted octanol–water partition coefficient (Wildman–Crippen LogP) is 2.41. The number of fused-ring (bicyclic) bond motifs is 1. The predicted molar refractivity (Wildman–Crippen MR) is 86.1 cm³/mol. The van der Waals surface area contributed by atoms with Crippen LogP contribution >= 0.6 is 11.3 Å². The third-order valence-electron chi connectivity index (χ3n) is 3.34. The van der Waals surface area contributed by atoms with Gasteiger partial charge in [-0.05, 0) is 25.3 Å². The van der Waals surface area contributed by atoms with Crippen molar-refractivity contribution in [3.8, 4) is 0 Å². The van der Waals surface area contributed by atoms with Gasteiger partial charge in [0.1, 0.15) is 18.0 Å². The van der Waals surface area contributed by atoms with Gasteiger partial charge in [0.15, 0.2) is 5.82 Å². The van der Waals surface area contributed by atoms with Gasteiger partial charge in [0, 0.05) is 13.7 Å². The van der Waals surface area contributed by atoms with Gasteiger partial charge in [-0.1, -0.05) is 0 Å². The summed E-state index contributed by atoms with van der Waals surface area (Å²) < 4.78 is 8.16. The van der Waals surface area contributed by atoms with E-state index in [1.54, 1.807) is 24.8 Å². The second-order valence-electron chi connectivity index (χ2n) is 5.00. The van der Waals surface area contributed by atoms with Crippen LogP contribution in [0.1, 0.15) is 24.6 Å². The lowest BCUT2D eigenvalue weighted by Gasteiger charge is -2.16. The van der Waals surface area contributed by atoms with Gasteiger partial charge in [0.25, 0.3) is 0 Å². The number of methoxy groups -OCH3 is 1. The van der Waals surface area contributed by atoms with Crippen LogP contribution in [-0.4, -0.2) is 38.4 Å². The molecule has 22 heavy (non-hydrogen) atoms. The van der Waals surface area contributed by atoms with Crippen molar-refractivity contribution in [2.75, 3.05) is 19.0 Å². The fraction of sp³-hybridized carbons (Fsp3) is 0.429. The molecule has 116 valence electrons. The molecule has 0 amide bonds. The van der Waals surface area contributed by atoms with E-state index in [-0.39, 0.29) is 6.04 Å². The van der Waals surface area contributed by atoms with Gasteiger partial charge in [-0.3, -0.25) is 0 Å². The molecule has 0 bridgehead atoms. The van der Waals surface area contributed by atoms with Crippen LogP contribution in [0.4, 0.5) is 5.82 Å². The molecule has 0 fully saturated rings. The van der Waals surface area contributed by atoms with Crippen LogP contribution < -0.4 is 5.32 Å². The van der Waals surface area contributed by atoms with E-state index in [0.29, 0.717) is 6.61 Å². The number of nitrogens with zero attached hydrogens (tertiary/aromatic N) is 5. The number of aryl methyl sites for hydroxylation is 1. The van der Waals surface area contributed by atoms with Gasteiger partial charge in [0.05, 0.1) is 22.9 Å². The summed E-state index contributed by atoms with van der Waals surface area (Å²) in [6.07, 6.45) is 1.72. The molecule has 0 aliphatic rings. The summed E-state index contributed by atoms with van der Waals surface area (Å²) >= 11 is 1.63. The zero-order valence-corrected chi connectivity index (χ0v) is 13.6. The van der Waals surface area contributed by atoms with Gasteiger partial charge in [-0.2, -0.15) is 0 Å². The van der Waals surface area contributed by atoms with Crippen molar-refractivity contribution in [2.24, 2.45) is 0 Å². The molecule has 0 aliphatic carbocycles. The van der Waals surface area contributed by atoms with Crippen LogP contribution in [0.15, 0.2) is 17.8 Å². The Morgan fingerprint density at radius 1 is 1.41 bits per heavy atom. The minimum atomic E-state index is -0.0149. The van der Waals surface area contributed by atoms with E-state index in [4.69, 9.17) is 4.74 Å². The Kier molecular flexibility index (Phi) is 4.30. The summed E-state index contributed by atoms with van der Waals surface area (Å²) in [7, 11) is 1.68. The molecule has 0 saturated heterocycles. The first-order chi connectivity index (χ1) is 10.7. The number of anilines is 1. The van der Waals surface area contributed by atoms with Gasteiger partial charge < -0.3 is 14.6 Å². The Morgan fingerprint density at radius 2 is 2.27 bits per heavy atom. The van der Waals surface area contributed by atoms with Gasteiger partial charge in [-0.25, -0.2) is 9.97 Å². The van der Waals surface area contributed by atoms with Crippen LogP contribution in [0.5, 0.6) is 0 Å². The Labute approximate surface area is 132 Å². The number of nitrogens with one attached hydrogen (secondary N) is 1. The van der Waals surface area contributed by atoms with E-state index in [0.717, 1.165) is 34.2 Å². The van der Waals surface area contributed by atoms with Crippen LogP contribution in [0.3, 0.4) is 0 Å². The number of thiophene rings is 1. The normalized spacial score (nSPS) is 12.7. The lowest BCUT2D eigenvalue weighted by molar-refractivity contribution is 0.186. The Morgan fingerprint density at radius 3 is 3.09 bits per heavy atom. The van der Waals surface area contributed by atoms with Crippen LogP contribution in [0.25, 0.3) is 10.2 Å². The van der Waals surface area contributed by atoms with Crippen molar-refractivity contribution in [3.05, 3.63) is 29.4 Å². The fourth-order valence-electron chi connectivity index (χ4n) is 2.31. The molecule has 1 atom stereocenters. The largest absolute Gasteiger partial charge is 0.383 e. The molecule has 0 spiro atoms. The van der Waals surface area contributed by atoms with E-state index in [1.807, 2.05) is 29.9 Å². The van der Waals surface area contributed by atoms with Crippen molar-refractivity contribution in [3.63, 3.8) is 0 Å². The van der Waals surface area contributed by atoms with Crippen LogP contribution in [-0.2, 0) is 11.3 Å². The molecule has 8 heteroatoms. The lowest BCUT2D eigenvalue weighted by Crippen LogP contribution is -2.16. The van der Waals surface area contributed by atoms with Crippen LogP contribution in [0.2, 0.25) is 0 Å². The highest BCUT2D eigenvalue weighted by molar-refractivity contribution is 7.17. The molecule has 7 nitrogen and oxygen atoms in total. The molecule has 0 aromatic carbocycles. The third-order valence-corrected chi connectivity index (χ3v) is 4.25. The van der Waals surface area contributed by atoms with Gasteiger partial charge in [0.2, 0.25) is 0 Å². The molecule has 3 rings (SSSR count). The molecule has 1 N–H and O–H groups in total. The van der Waals surface area contributed by atoms with Gasteiger partial charge in [-0.15, -0.1) is 21.5 Å². The maximum atomic E-state index is 5.12. The summed E-state index contributed by atoms with van der Waals surface area (Å²) in [6.45, 7) is 5.29. The molecule has 3 aromatic rings. The van der Waals surface area contributed by atoms with E-state index in [1.165, 1.54) is 0 Å². The lowest BCUT2D eigenvalue weighted by atomic mass is 10.3. The van der Waals surface area contributed by atoms with Crippen molar-refractivity contribution in [1.29, 1.82) is 0 Å². The molecular formula is C14H18N6OS. The third kappa shape index (κ3) is 2.93. The molecule has 0 aliphatic heterocycles. The monoisotopic (exact) mass is 318 g/mol. The van der Waals surface area contributed by atoms with Gasteiger partial charge >= 0.3 is 0 Å². The SMILES string of the molecule is COCCn1cnnc1[C@@H](C)Nc1nc(C)nc2ccsc12. The number of hydrogen-bond acceptors (Lipinski definition) is 7. The summed E-state index contributed by atoms with van der Waals surface area (Å²) in [4.78, 5) is 8.96. The first kappa shape index (κ1) is 14.9. The average Bonchev–Trinajstić information content (AvgIpc) is 3.13. The summed E-state index contributed by atoms with van der Waals surface area (Å²) in [6, 6.07) is 1.99. The summed E-state index contributed by atoms with van der Waals surface area (Å²) in [5.41, 5.74) is 0.966. The molecule has 3 aromatic heterocycles. The number of rotatable bonds is 6. The number of aromatic nitrogens is 5. The topological polar surface area (TPSA) is 77.8 Å². The second kappa shape index (κ2) is 6.37. The molecule has 3 heterocycles. The standard InChI is InChI=1S/C14H18N6OS/c1-9(14-19-15-8-20(14)5-6-21-3)16-13-12-11(4-7-22-12)17-10(2)18-13/h4,7-9H,5-6H2,1-3H3,(H,16,17,18)/t9-/m1/s1. The maximum absolute atomic E-state index is 5.12. The fourth-order valence-corrected chi connectivity index (χ4v) is 3.09. The zero-order chi connectivity index (χ0) is 15.5. The van der Waals surface area contributed by atoms with Crippen molar-refractivity contribution in [2.45, 2.75) is 26.4 Å². The quantitative estimate of drug-likeness (QED) is 0.752. The highest BCUT2D eigenvalue weighted by Gasteiger charge is 2.16. The first-order valence-electron chi connectivity index (χ1n) is 7.04. The smallest absolute Gasteiger partial charge is 0.155 e. The van der Waals surface area contributed by atoms with Crippen molar-refractivity contribution < 1.29 is 4.74 Å². The van der Waals surface area contributed by atoms with Crippen LogP contribution in [0, 0.1) is 6.92 Å². The highest BCUT2D eigenvalue weighted by Crippen LogP contribution is 2.28. The molecule has 0 unspecified atom stereocenters. The average molecular weight is 318 g/mol. The first-order valence-corrected chi connectivity index (χ1v) is 7.92. The van der Waals surface area contributed by atoms with E-state index in [2.05, 4.69) is 25.5 Å². The van der Waals surface area contributed by atoms with Crippen molar-refractivity contribution >= 4 is 27.4 Å². The molecular weight excluding hydrogens is 300 g/mol. The molecule has 0 radical (unpaired) electrons. The minimum absolute atomic E-state index is 0.0149. The summed E-state index contributed by atoms with van der Waals surface area (Å²) in [5.74, 6) is 2.45. The number of ether oxygens (including phenoxy) is 1. The summed E-state index contributed by atoms with van der Waals surface area (Å²) in [5, 5.41) is 13.7. The Bertz CT molecular complexity index is 768. The van der Waals surface area contributed by atoms with Crippen molar-refractivity contribution in [1.82, 2.24) is 24.7 Å². The van der Waals surface area contributed by atoms with E-state index < -0.39 is 0 Å². The maximum Gasteiger partial charge on any atom is 0.155 e. The van der Waals surface area contributed by atoms with E-state index >= 15 is 0 Å². The Balaban J connectivity index is 1.85.